The number of hydrogen-bond donors (Lipinski definition) is 3. The third kappa shape index (κ3) is 2.64. The van der Waals surface area contributed by atoms with Crippen LogP contribution in [0.15, 0.2) is 42.5 Å². The van der Waals surface area contributed by atoms with E-state index in [2.05, 4.69) is 23.1 Å². The van der Waals surface area contributed by atoms with Crippen molar-refractivity contribution in [3.05, 3.63) is 59.4 Å². The fourth-order valence-corrected chi connectivity index (χ4v) is 3.44. The summed E-state index contributed by atoms with van der Waals surface area (Å²) in [5.41, 5.74) is 9.34. The van der Waals surface area contributed by atoms with Crippen LogP contribution < -0.4 is 20.9 Å². The highest BCUT2D eigenvalue weighted by Gasteiger charge is 2.35. The standard InChI is InChI=1S/C18H18FN3O2/c1-10-17(11-2-5-13(19)6-3-11)18(22-21-10)12-4-7-15-14(8-12)20-16(23)9-24-15/h2-8,10,17-18,21-22H,9H2,1H3,(H,20,23). The summed E-state index contributed by atoms with van der Waals surface area (Å²) in [4.78, 5) is 11.5. The molecule has 3 atom stereocenters. The van der Waals surface area contributed by atoms with E-state index in [1.165, 1.54) is 12.1 Å². The van der Waals surface area contributed by atoms with Crippen LogP contribution in [0.5, 0.6) is 5.75 Å². The van der Waals surface area contributed by atoms with Gasteiger partial charge in [0.25, 0.3) is 5.91 Å². The van der Waals surface area contributed by atoms with Crippen LogP contribution in [0, 0.1) is 5.82 Å². The number of carbonyl (C=O) groups is 1. The Hall–Kier alpha value is -2.44. The number of hydrazine groups is 1. The van der Waals surface area contributed by atoms with E-state index in [0.717, 1.165) is 11.1 Å². The first kappa shape index (κ1) is 15.1. The number of rotatable bonds is 2. The van der Waals surface area contributed by atoms with E-state index < -0.39 is 0 Å². The van der Waals surface area contributed by atoms with Crippen molar-refractivity contribution in [3.63, 3.8) is 0 Å². The van der Waals surface area contributed by atoms with Crippen LogP contribution >= 0.6 is 0 Å². The Morgan fingerprint density at radius 1 is 1.08 bits per heavy atom. The smallest absolute Gasteiger partial charge is 0.262 e. The van der Waals surface area contributed by atoms with Gasteiger partial charge in [0, 0.05) is 12.0 Å². The van der Waals surface area contributed by atoms with Gasteiger partial charge in [-0.2, -0.15) is 0 Å². The predicted molar refractivity (Wildman–Crippen MR) is 88.2 cm³/mol. The van der Waals surface area contributed by atoms with E-state index >= 15 is 0 Å². The van der Waals surface area contributed by atoms with Gasteiger partial charge in [0.1, 0.15) is 11.6 Å². The van der Waals surface area contributed by atoms with Gasteiger partial charge in [0.2, 0.25) is 0 Å². The summed E-state index contributed by atoms with van der Waals surface area (Å²) in [6.07, 6.45) is 0. The average molecular weight is 327 g/mol. The van der Waals surface area contributed by atoms with Crippen LogP contribution in [0.25, 0.3) is 0 Å². The highest BCUT2D eigenvalue weighted by molar-refractivity contribution is 5.95. The zero-order chi connectivity index (χ0) is 16.7. The van der Waals surface area contributed by atoms with Gasteiger partial charge in [0.05, 0.1) is 11.7 Å². The molecule has 0 bridgehead atoms. The summed E-state index contributed by atoms with van der Waals surface area (Å²) in [6.45, 7) is 2.13. The van der Waals surface area contributed by atoms with Crippen molar-refractivity contribution in [2.45, 2.75) is 24.9 Å². The van der Waals surface area contributed by atoms with Crippen molar-refractivity contribution in [1.82, 2.24) is 10.9 Å². The van der Waals surface area contributed by atoms with Gasteiger partial charge in [-0.05, 0) is 42.3 Å². The molecule has 3 unspecified atom stereocenters. The second-order valence-electron chi connectivity index (χ2n) is 6.22. The van der Waals surface area contributed by atoms with Gasteiger partial charge in [0.15, 0.2) is 6.61 Å². The zero-order valence-corrected chi connectivity index (χ0v) is 13.2. The Balaban J connectivity index is 1.68. The molecular weight excluding hydrogens is 309 g/mol. The summed E-state index contributed by atoms with van der Waals surface area (Å²) >= 11 is 0. The lowest BCUT2D eigenvalue weighted by Gasteiger charge is -2.24. The van der Waals surface area contributed by atoms with E-state index in [4.69, 9.17) is 4.74 Å². The van der Waals surface area contributed by atoms with Crippen molar-refractivity contribution in [3.8, 4) is 5.75 Å². The number of fused-ring (bicyclic) bond motifs is 1. The van der Waals surface area contributed by atoms with Crippen molar-refractivity contribution < 1.29 is 13.9 Å². The Bertz CT molecular complexity index is 778. The number of hydrogen-bond acceptors (Lipinski definition) is 4. The summed E-state index contributed by atoms with van der Waals surface area (Å²) in [7, 11) is 0. The maximum absolute atomic E-state index is 13.2. The first-order valence-electron chi connectivity index (χ1n) is 7.95. The number of carbonyl (C=O) groups excluding carboxylic acids is 1. The van der Waals surface area contributed by atoms with E-state index in [9.17, 15) is 9.18 Å². The molecule has 2 aromatic carbocycles. The SMILES string of the molecule is CC1NNC(c2ccc3c(c2)NC(=O)CO3)C1c1ccc(F)cc1. The Morgan fingerprint density at radius 3 is 2.62 bits per heavy atom. The fraction of sp³-hybridized carbons (Fsp3) is 0.278. The molecule has 5 nitrogen and oxygen atoms in total. The molecule has 2 heterocycles. The van der Waals surface area contributed by atoms with Crippen molar-refractivity contribution in [1.29, 1.82) is 0 Å². The Labute approximate surface area is 139 Å². The maximum Gasteiger partial charge on any atom is 0.262 e. The lowest BCUT2D eigenvalue weighted by atomic mass is 9.84. The van der Waals surface area contributed by atoms with Gasteiger partial charge in [-0.1, -0.05) is 18.2 Å². The van der Waals surface area contributed by atoms with Gasteiger partial charge < -0.3 is 10.1 Å². The molecule has 2 aliphatic heterocycles. The van der Waals surface area contributed by atoms with Crippen LogP contribution in [0.1, 0.15) is 30.0 Å². The second-order valence-corrected chi connectivity index (χ2v) is 6.22. The molecule has 2 aromatic rings. The van der Waals surface area contributed by atoms with Gasteiger partial charge in [-0.25, -0.2) is 9.82 Å². The molecule has 2 aliphatic rings. The molecule has 3 N–H and O–H groups in total. The third-order valence-corrected chi connectivity index (χ3v) is 4.61. The van der Waals surface area contributed by atoms with Crippen molar-refractivity contribution in [2.75, 3.05) is 11.9 Å². The quantitative estimate of drug-likeness (QED) is 0.793. The number of benzene rings is 2. The molecule has 124 valence electrons. The minimum absolute atomic E-state index is 0.00888. The van der Waals surface area contributed by atoms with Gasteiger partial charge in [-0.15, -0.1) is 0 Å². The molecule has 1 fully saturated rings. The summed E-state index contributed by atoms with van der Waals surface area (Å²) < 4.78 is 18.6. The number of halogens is 1. The van der Waals surface area contributed by atoms with Crippen molar-refractivity contribution >= 4 is 11.6 Å². The summed E-state index contributed by atoms with van der Waals surface area (Å²) in [5, 5.41) is 2.84. The molecule has 1 saturated heterocycles. The van der Waals surface area contributed by atoms with Crippen LogP contribution in [0.4, 0.5) is 10.1 Å². The molecule has 6 heteroatoms. The average Bonchev–Trinajstić information content (AvgIpc) is 2.96. The number of amides is 1. The number of nitrogens with one attached hydrogen (secondary N) is 3. The topological polar surface area (TPSA) is 62.4 Å². The number of ether oxygens (including phenoxy) is 1. The first-order chi connectivity index (χ1) is 11.6. The first-order valence-corrected chi connectivity index (χ1v) is 7.95. The van der Waals surface area contributed by atoms with E-state index in [1.54, 1.807) is 0 Å². The molecule has 0 saturated carbocycles. The van der Waals surface area contributed by atoms with Crippen LogP contribution in [-0.4, -0.2) is 18.6 Å². The molecule has 0 aromatic heterocycles. The van der Waals surface area contributed by atoms with E-state index in [-0.39, 0.29) is 36.3 Å². The van der Waals surface area contributed by atoms with E-state index in [1.807, 2.05) is 30.3 Å². The minimum atomic E-state index is -0.240. The van der Waals surface area contributed by atoms with Crippen LogP contribution in [-0.2, 0) is 4.79 Å². The largest absolute Gasteiger partial charge is 0.482 e. The lowest BCUT2D eigenvalue weighted by molar-refractivity contribution is -0.118. The number of anilines is 1. The molecule has 24 heavy (non-hydrogen) atoms. The monoisotopic (exact) mass is 327 g/mol. The van der Waals surface area contributed by atoms with Gasteiger partial charge >= 0.3 is 0 Å². The van der Waals surface area contributed by atoms with Crippen molar-refractivity contribution in [2.24, 2.45) is 0 Å². The highest BCUT2D eigenvalue weighted by atomic mass is 19.1. The Kier molecular flexibility index (Phi) is 3.70. The molecule has 1 amide bonds. The fourth-order valence-electron chi connectivity index (χ4n) is 3.44. The van der Waals surface area contributed by atoms with Gasteiger partial charge in [-0.3, -0.25) is 10.2 Å². The highest BCUT2D eigenvalue weighted by Crippen LogP contribution is 2.39. The van der Waals surface area contributed by atoms with Crippen LogP contribution in [0.2, 0.25) is 0 Å². The second kappa shape index (κ2) is 5.89. The third-order valence-electron chi connectivity index (χ3n) is 4.61. The normalized spacial score (nSPS) is 25.8. The molecule has 4 rings (SSSR count). The molecule has 0 aliphatic carbocycles. The maximum atomic E-state index is 13.2. The predicted octanol–water partition coefficient (Wildman–Crippen LogP) is 2.48. The van der Waals surface area contributed by atoms with Crippen LogP contribution in [0.3, 0.4) is 0 Å². The Morgan fingerprint density at radius 2 is 1.83 bits per heavy atom. The molecule has 0 radical (unpaired) electrons. The molecule has 0 spiro atoms. The lowest BCUT2D eigenvalue weighted by Crippen LogP contribution is -2.29. The summed E-state index contributed by atoms with van der Waals surface area (Å²) in [6, 6.07) is 12.6. The minimum Gasteiger partial charge on any atom is -0.482 e. The zero-order valence-electron chi connectivity index (χ0n) is 13.2. The molecular formula is C18H18FN3O2. The van der Waals surface area contributed by atoms with E-state index in [0.29, 0.717) is 11.4 Å². The summed E-state index contributed by atoms with van der Waals surface area (Å²) in [5.74, 6) is 0.427.